The molecule has 72 valence electrons. The van der Waals surface area contributed by atoms with Crippen molar-refractivity contribution >= 4 is 0 Å². The highest BCUT2D eigenvalue weighted by Gasteiger charge is 2.10. The Balaban J connectivity index is 2.51. The van der Waals surface area contributed by atoms with Gasteiger partial charge in [-0.3, -0.25) is 0 Å². The molecule has 0 unspecified atom stereocenters. The summed E-state index contributed by atoms with van der Waals surface area (Å²) in [6.07, 6.45) is 0. The van der Waals surface area contributed by atoms with E-state index in [1.54, 1.807) is 0 Å². The van der Waals surface area contributed by atoms with Gasteiger partial charge in [0.2, 0.25) is 0 Å². The molecule has 1 aromatic heterocycles. The zero-order valence-corrected chi connectivity index (χ0v) is 8.03. The van der Waals surface area contributed by atoms with Gasteiger partial charge in [0.05, 0.1) is 6.54 Å². The predicted molar refractivity (Wildman–Crippen MR) is 54.6 cm³/mol. The third-order valence-electron chi connectivity index (χ3n) is 2.04. The summed E-state index contributed by atoms with van der Waals surface area (Å²) in [5.41, 5.74) is 7.47. The second kappa shape index (κ2) is 3.64. The van der Waals surface area contributed by atoms with Crippen molar-refractivity contribution in [2.45, 2.75) is 13.5 Å². The Morgan fingerprint density at radius 1 is 1.29 bits per heavy atom. The van der Waals surface area contributed by atoms with Gasteiger partial charge in [-0.1, -0.05) is 30.3 Å². The molecule has 0 fully saturated rings. The van der Waals surface area contributed by atoms with Crippen LogP contribution in [0.3, 0.4) is 0 Å². The Bertz CT molecular complexity index is 420. The SMILES string of the molecule is Cc1nc(-c2ccccc2)c(CN)o1. The molecule has 2 N–H and O–H groups in total. The van der Waals surface area contributed by atoms with E-state index in [2.05, 4.69) is 4.98 Å². The lowest BCUT2D eigenvalue weighted by molar-refractivity contribution is 0.477. The lowest BCUT2D eigenvalue weighted by atomic mass is 10.1. The molecule has 0 aliphatic rings. The fraction of sp³-hybridized carbons (Fsp3) is 0.182. The van der Waals surface area contributed by atoms with Crippen molar-refractivity contribution in [1.82, 2.24) is 4.98 Å². The number of hydrogen-bond acceptors (Lipinski definition) is 3. The van der Waals surface area contributed by atoms with Gasteiger partial charge in [0.15, 0.2) is 5.89 Å². The molecule has 0 amide bonds. The number of oxazole rings is 1. The smallest absolute Gasteiger partial charge is 0.191 e. The molecule has 2 aromatic rings. The maximum Gasteiger partial charge on any atom is 0.191 e. The van der Waals surface area contributed by atoms with Gasteiger partial charge >= 0.3 is 0 Å². The van der Waals surface area contributed by atoms with Crippen molar-refractivity contribution in [3.63, 3.8) is 0 Å². The van der Waals surface area contributed by atoms with E-state index < -0.39 is 0 Å². The van der Waals surface area contributed by atoms with E-state index in [-0.39, 0.29) is 0 Å². The van der Waals surface area contributed by atoms with Crippen LogP contribution < -0.4 is 5.73 Å². The van der Waals surface area contributed by atoms with E-state index in [0.717, 1.165) is 17.0 Å². The van der Waals surface area contributed by atoms with Gasteiger partial charge in [0.25, 0.3) is 0 Å². The molecule has 3 nitrogen and oxygen atoms in total. The van der Waals surface area contributed by atoms with Crippen LogP contribution in [-0.2, 0) is 6.54 Å². The number of aromatic nitrogens is 1. The Hall–Kier alpha value is -1.61. The number of hydrogen-bond donors (Lipinski definition) is 1. The molecule has 0 aliphatic heterocycles. The number of nitrogens with zero attached hydrogens (tertiary/aromatic N) is 1. The standard InChI is InChI=1S/C11H12N2O/c1-8-13-11(10(7-12)14-8)9-5-3-2-4-6-9/h2-6H,7,12H2,1H3. The average Bonchev–Trinajstić information content (AvgIpc) is 2.61. The molecule has 0 atom stereocenters. The summed E-state index contributed by atoms with van der Waals surface area (Å²) in [5.74, 6) is 1.40. The maximum absolute atomic E-state index is 5.57. The number of benzene rings is 1. The molecule has 0 bridgehead atoms. The highest BCUT2D eigenvalue weighted by atomic mass is 16.4. The van der Waals surface area contributed by atoms with E-state index in [1.165, 1.54) is 0 Å². The van der Waals surface area contributed by atoms with Crippen molar-refractivity contribution in [2.75, 3.05) is 0 Å². The summed E-state index contributed by atoms with van der Waals surface area (Å²) in [6, 6.07) is 9.91. The summed E-state index contributed by atoms with van der Waals surface area (Å²) < 4.78 is 5.38. The molecular formula is C11H12N2O. The van der Waals surface area contributed by atoms with E-state index in [4.69, 9.17) is 10.2 Å². The Kier molecular flexibility index (Phi) is 2.33. The van der Waals surface area contributed by atoms with Crippen LogP contribution in [0.5, 0.6) is 0 Å². The third kappa shape index (κ3) is 1.54. The van der Waals surface area contributed by atoms with Crippen LogP contribution in [0.1, 0.15) is 11.7 Å². The molecule has 1 aromatic carbocycles. The Morgan fingerprint density at radius 2 is 2.00 bits per heavy atom. The first-order chi connectivity index (χ1) is 6.81. The van der Waals surface area contributed by atoms with E-state index in [1.807, 2.05) is 37.3 Å². The van der Waals surface area contributed by atoms with Gasteiger partial charge < -0.3 is 10.2 Å². The third-order valence-corrected chi connectivity index (χ3v) is 2.04. The lowest BCUT2D eigenvalue weighted by Crippen LogP contribution is -1.96. The van der Waals surface area contributed by atoms with Crippen LogP contribution in [0.15, 0.2) is 34.7 Å². The van der Waals surface area contributed by atoms with Crippen molar-refractivity contribution < 1.29 is 4.42 Å². The van der Waals surface area contributed by atoms with Crippen molar-refractivity contribution in [2.24, 2.45) is 5.73 Å². The van der Waals surface area contributed by atoms with Gasteiger partial charge in [0, 0.05) is 12.5 Å². The fourth-order valence-corrected chi connectivity index (χ4v) is 1.43. The quantitative estimate of drug-likeness (QED) is 0.785. The molecule has 1 heterocycles. The minimum atomic E-state index is 0.380. The summed E-state index contributed by atoms with van der Waals surface area (Å²) in [5, 5.41) is 0. The molecule has 0 saturated heterocycles. The minimum absolute atomic E-state index is 0.380. The van der Waals surface area contributed by atoms with Crippen LogP contribution in [0.2, 0.25) is 0 Å². The van der Waals surface area contributed by atoms with Gasteiger partial charge in [-0.2, -0.15) is 0 Å². The second-order valence-corrected chi connectivity index (χ2v) is 3.07. The van der Waals surface area contributed by atoms with Gasteiger partial charge in [-0.05, 0) is 0 Å². The first-order valence-corrected chi connectivity index (χ1v) is 4.53. The van der Waals surface area contributed by atoms with Gasteiger partial charge in [0.1, 0.15) is 11.5 Å². The zero-order valence-electron chi connectivity index (χ0n) is 8.03. The molecule has 2 rings (SSSR count). The summed E-state index contributed by atoms with van der Waals surface area (Å²) in [4.78, 5) is 4.31. The van der Waals surface area contributed by atoms with E-state index in [9.17, 15) is 0 Å². The molecule has 14 heavy (non-hydrogen) atoms. The largest absolute Gasteiger partial charge is 0.444 e. The molecule has 0 aliphatic carbocycles. The number of rotatable bonds is 2. The highest BCUT2D eigenvalue weighted by molar-refractivity contribution is 5.60. The topological polar surface area (TPSA) is 52.0 Å². The highest BCUT2D eigenvalue weighted by Crippen LogP contribution is 2.22. The summed E-state index contributed by atoms with van der Waals surface area (Å²) >= 11 is 0. The van der Waals surface area contributed by atoms with Crippen molar-refractivity contribution in [3.05, 3.63) is 42.0 Å². The van der Waals surface area contributed by atoms with Gasteiger partial charge in [-0.15, -0.1) is 0 Å². The van der Waals surface area contributed by atoms with E-state index >= 15 is 0 Å². The van der Waals surface area contributed by atoms with Crippen LogP contribution in [-0.4, -0.2) is 4.98 Å². The van der Waals surface area contributed by atoms with Crippen LogP contribution in [0, 0.1) is 6.92 Å². The van der Waals surface area contributed by atoms with Gasteiger partial charge in [-0.25, -0.2) is 4.98 Å². The molecule has 0 spiro atoms. The Labute approximate surface area is 82.6 Å². The average molecular weight is 188 g/mol. The van der Waals surface area contributed by atoms with Crippen LogP contribution >= 0.6 is 0 Å². The fourth-order valence-electron chi connectivity index (χ4n) is 1.43. The molecule has 3 heteroatoms. The predicted octanol–water partition coefficient (Wildman–Crippen LogP) is 2.11. The second-order valence-electron chi connectivity index (χ2n) is 3.07. The Morgan fingerprint density at radius 3 is 2.64 bits per heavy atom. The van der Waals surface area contributed by atoms with Crippen LogP contribution in [0.25, 0.3) is 11.3 Å². The molecule has 0 radical (unpaired) electrons. The monoisotopic (exact) mass is 188 g/mol. The van der Waals surface area contributed by atoms with E-state index in [0.29, 0.717) is 12.4 Å². The summed E-state index contributed by atoms with van der Waals surface area (Å²) in [7, 11) is 0. The zero-order chi connectivity index (χ0) is 9.97. The number of aryl methyl sites for hydroxylation is 1. The molecule has 0 saturated carbocycles. The first kappa shape index (κ1) is 8.97. The summed E-state index contributed by atoms with van der Waals surface area (Å²) in [6.45, 7) is 2.21. The first-order valence-electron chi connectivity index (χ1n) is 4.53. The minimum Gasteiger partial charge on any atom is -0.444 e. The normalized spacial score (nSPS) is 10.4. The molecular weight excluding hydrogens is 176 g/mol. The number of nitrogens with two attached hydrogens (primary N) is 1. The maximum atomic E-state index is 5.57. The van der Waals surface area contributed by atoms with Crippen molar-refractivity contribution in [1.29, 1.82) is 0 Å². The lowest BCUT2D eigenvalue weighted by Gasteiger charge is -1.97. The van der Waals surface area contributed by atoms with Crippen molar-refractivity contribution in [3.8, 4) is 11.3 Å². The van der Waals surface area contributed by atoms with Crippen LogP contribution in [0.4, 0.5) is 0 Å².